The first-order chi connectivity index (χ1) is 7.01. The zero-order chi connectivity index (χ0) is 11.8. The molecule has 5 heteroatoms. The molecule has 0 aliphatic rings. The third-order valence-electron chi connectivity index (χ3n) is 2.31. The molecular weight excluding hydrogens is 196 g/mol. The predicted octanol–water partition coefficient (Wildman–Crippen LogP) is -0.420. The van der Waals surface area contributed by atoms with Crippen molar-refractivity contribution >= 4 is 5.91 Å². The Morgan fingerprint density at radius 2 is 2.20 bits per heavy atom. The number of nitrogens with two attached hydrogens (primary N) is 1. The van der Waals surface area contributed by atoms with Gasteiger partial charge in [0.2, 0.25) is 5.91 Å². The van der Waals surface area contributed by atoms with E-state index in [4.69, 9.17) is 15.6 Å². The molecule has 0 aliphatic carbocycles. The van der Waals surface area contributed by atoms with Gasteiger partial charge in [0.1, 0.15) is 0 Å². The van der Waals surface area contributed by atoms with E-state index in [2.05, 4.69) is 0 Å². The van der Waals surface area contributed by atoms with E-state index in [-0.39, 0.29) is 18.1 Å². The molecule has 0 fully saturated rings. The van der Waals surface area contributed by atoms with Crippen LogP contribution in [-0.2, 0) is 9.53 Å². The van der Waals surface area contributed by atoms with Crippen LogP contribution in [0.15, 0.2) is 0 Å². The van der Waals surface area contributed by atoms with Crippen LogP contribution in [0.2, 0.25) is 0 Å². The van der Waals surface area contributed by atoms with E-state index < -0.39 is 0 Å². The van der Waals surface area contributed by atoms with Crippen LogP contribution in [0.1, 0.15) is 19.8 Å². The Bertz CT molecular complexity index is 182. The van der Waals surface area contributed by atoms with E-state index in [1.807, 2.05) is 0 Å². The van der Waals surface area contributed by atoms with Crippen LogP contribution < -0.4 is 5.73 Å². The van der Waals surface area contributed by atoms with E-state index in [9.17, 15) is 4.79 Å². The van der Waals surface area contributed by atoms with Crippen molar-refractivity contribution in [2.45, 2.75) is 32.0 Å². The number of hydrogen-bond donors (Lipinski definition) is 2. The van der Waals surface area contributed by atoms with Crippen molar-refractivity contribution in [3.8, 4) is 0 Å². The summed E-state index contributed by atoms with van der Waals surface area (Å²) in [6, 6.07) is 0. The highest BCUT2D eigenvalue weighted by Crippen LogP contribution is 2.01. The molecule has 0 aromatic rings. The Morgan fingerprint density at radius 1 is 1.60 bits per heavy atom. The van der Waals surface area contributed by atoms with Gasteiger partial charge >= 0.3 is 0 Å². The van der Waals surface area contributed by atoms with Crippen LogP contribution in [0.3, 0.4) is 0 Å². The minimum absolute atomic E-state index is 0.00653. The Balaban J connectivity index is 3.87. The average molecular weight is 218 g/mol. The zero-order valence-electron chi connectivity index (χ0n) is 9.77. The molecule has 15 heavy (non-hydrogen) atoms. The lowest BCUT2D eigenvalue weighted by Crippen LogP contribution is -2.34. The van der Waals surface area contributed by atoms with Gasteiger partial charge in [0, 0.05) is 27.2 Å². The number of aliphatic hydroxyl groups excluding tert-OH is 1. The van der Waals surface area contributed by atoms with Crippen LogP contribution in [0, 0.1) is 0 Å². The lowest BCUT2D eigenvalue weighted by Gasteiger charge is -2.20. The SMILES string of the molecule is COC(CN)CC(=O)N(C)CCC(C)O. The third kappa shape index (κ3) is 6.43. The molecular formula is C10H22N2O3. The largest absolute Gasteiger partial charge is 0.393 e. The van der Waals surface area contributed by atoms with Gasteiger partial charge in [-0.15, -0.1) is 0 Å². The molecule has 0 aromatic carbocycles. The average Bonchev–Trinajstić information content (AvgIpc) is 2.21. The number of carbonyl (C=O) groups is 1. The molecule has 0 spiro atoms. The quantitative estimate of drug-likeness (QED) is 0.608. The first-order valence-electron chi connectivity index (χ1n) is 5.16. The molecule has 2 unspecified atom stereocenters. The highest BCUT2D eigenvalue weighted by Gasteiger charge is 2.15. The fraction of sp³-hybridized carbons (Fsp3) is 0.900. The predicted molar refractivity (Wildman–Crippen MR) is 58.4 cm³/mol. The number of methoxy groups -OCH3 is 1. The Kier molecular flexibility index (Phi) is 7.29. The second-order valence-electron chi connectivity index (χ2n) is 3.75. The maximum Gasteiger partial charge on any atom is 0.224 e. The maximum absolute atomic E-state index is 11.6. The van der Waals surface area contributed by atoms with E-state index >= 15 is 0 Å². The minimum Gasteiger partial charge on any atom is -0.393 e. The van der Waals surface area contributed by atoms with Gasteiger partial charge in [-0.2, -0.15) is 0 Å². The van der Waals surface area contributed by atoms with Gasteiger partial charge in [-0.3, -0.25) is 4.79 Å². The Hall–Kier alpha value is -0.650. The van der Waals surface area contributed by atoms with E-state index in [0.29, 0.717) is 25.9 Å². The number of rotatable bonds is 7. The van der Waals surface area contributed by atoms with E-state index in [1.54, 1.807) is 26.0 Å². The van der Waals surface area contributed by atoms with Gasteiger partial charge in [-0.05, 0) is 13.3 Å². The number of carbonyl (C=O) groups excluding carboxylic acids is 1. The first kappa shape index (κ1) is 14.3. The van der Waals surface area contributed by atoms with Crippen LogP contribution in [0.4, 0.5) is 0 Å². The molecule has 2 atom stereocenters. The summed E-state index contributed by atoms with van der Waals surface area (Å²) in [5, 5.41) is 9.07. The van der Waals surface area contributed by atoms with Crippen molar-refractivity contribution in [1.29, 1.82) is 0 Å². The molecule has 0 aliphatic heterocycles. The number of aliphatic hydroxyl groups is 1. The van der Waals surface area contributed by atoms with Crippen molar-refractivity contribution in [1.82, 2.24) is 4.90 Å². The number of hydrogen-bond acceptors (Lipinski definition) is 4. The number of nitrogens with zero attached hydrogens (tertiary/aromatic N) is 1. The van der Waals surface area contributed by atoms with Crippen molar-refractivity contribution in [3.05, 3.63) is 0 Å². The van der Waals surface area contributed by atoms with Crippen LogP contribution in [0.5, 0.6) is 0 Å². The highest BCUT2D eigenvalue weighted by atomic mass is 16.5. The standard InChI is InChI=1S/C10H22N2O3/c1-8(13)4-5-12(2)10(14)6-9(7-11)15-3/h8-9,13H,4-7,11H2,1-3H3. The maximum atomic E-state index is 11.6. The highest BCUT2D eigenvalue weighted by molar-refractivity contribution is 5.76. The summed E-state index contributed by atoms with van der Waals surface area (Å²) >= 11 is 0. The molecule has 0 rings (SSSR count). The summed E-state index contributed by atoms with van der Waals surface area (Å²) in [6.07, 6.45) is 0.283. The van der Waals surface area contributed by atoms with Gasteiger partial charge in [0.15, 0.2) is 0 Å². The Morgan fingerprint density at radius 3 is 2.60 bits per heavy atom. The van der Waals surface area contributed by atoms with Crippen molar-refractivity contribution in [3.63, 3.8) is 0 Å². The summed E-state index contributed by atoms with van der Waals surface area (Å²) in [5.74, 6) is -0.00653. The second-order valence-corrected chi connectivity index (χ2v) is 3.75. The molecule has 3 N–H and O–H groups in total. The summed E-state index contributed by atoms with van der Waals surface area (Å²) in [7, 11) is 3.26. The number of amides is 1. The molecule has 0 heterocycles. The summed E-state index contributed by atoms with van der Waals surface area (Å²) in [6.45, 7) is 2.60. The molecule has 0 bridgehead atoms. The smallest absolute Gasteiger partial charge is 0.224 e. The topological polar surface area (TPSA) is 75.8 Å². The van der Waals surface area contributed by atoms with Gasteiger partial charge in [0.25, 0.3) is 0 Å². The molecule has 0 saturated heterocycles. The lowest BCUT2D eigenvalue weighted by atomic mass is 10.2. The lowest BCUT2D eigenvalue weighted by molar-refractivity contribution is -0.132. The molecule has 0 radical (unpaired) electrons. The fourth-order valence-electron chi connectivity index (χ4n) is 1.12. The van der Waals surface area contributed by atoms with Crippen LogP contribution in [-0.4, -0.2) is 55.4 Å². The molecule has 5 nitrogen and oxygen atoms in total. The zero-order valence-corrected chi connectivity index (χ0v) is 9.77. The van der Waals surface area contributed by atoms with Crippen molar-refractivity contribution in [2.75, 3.05) is 27.2 Å². The summed E-state index contributed by atoms with van der Waals surface area (Å²) in [5.41, 5.74) is 5.42. The normalized spacial score (nSPS) is 14.7. The first-order valence-corrected chi connectivity index (χ1v) is 5.16. The molecule has 1 amide bonds. The Labute approximate surface area is 91.2 Å². The van der Waals surface area contributed by atoms with Gasteiger partial charge in [-0.1, -0.05) is 0 Å². The molecule has 0 saturated carbocycles. The molecule has 0 aromatic heterocycles. The minimum atomic E-state index is -0.381. The third-order valence-corrected chi connectivity index (χ3v) is 2.31. The van der Waals surface area contributed by atoms with Gasteiger partial charge in [0.05, 0.1) is 18.6 Å². The van der Waals surface area contributed by atoms with Crippen molar-refractivity contribution in [2.24, 2.45) is 5.73 Å². The second kappa shape index (κ2) is 7.62. The fourth-order valence-corrected chi connectivity index (χ4v) is 1.12. The van der Waals surface area contributed by atoms with Gasteiger partial charge < -0.3 is 20.5 Å². The number of ether oxygens (including phenoxy) is 1. The van der Waals surface area contributed by atoms with E-state index in [0.717, 1.165) is 0 Å². The molecule has 90 valence electrons. The summed E-state index contributed by atoms with van der Waals surface area (Å²) < 4.78 is 5.02. The van der Waals surface area contributed by atoms with Crippen LogP contribution >= 0.6 is 0 Å². The van der Waals surface area contributed by atoms with Crippen molar-refractivity contribution < 1.29 is 14.6 Å². The summed E-state index contributed by atoms with van der Waals surface area (Å²) in [4.78, 5) is 13.2. The van der Waals surface area contributed by atoms with E-state index in [1.165, 1.54) is 0 Å². The van der Waals surface area contributed by atoms with Crippen LogP contribution in [0.25, 0.3) is 0 Å². The van der Waals surface area contributed by atoms with Gasteiger partial charge in [-0.25, -0.2) is 0 Å². The monoisotopic (exact) mass is 218 g/mol.